The molecule has 0 heterocycles. The molecule has 0 amide bonds. The van der Waals surface area contributed by atoms with Crippen molar-refractivity contribution in [1.82, 2.24) is 0 Å². The van der Waals surface area contributed by atoms with Crippen LogP contribution in [0.2, 0.25) is 5.02 Å². The van der Waals surface area contributed by atoms with Crippen LogP contribution in [-0.4, -0.2) is 0 Å². The van der Waals surface area contributed by atoms with E-state index >= 15 is 0 Å². The van der Waals surface area contributed by atoms with E-state index in [0.717, 1.165) is 21.4 Å². The summed E-state index contributed by atoms with van der Waals surface area (Å²) in [4.78, 5) is 0. The molecular weight excluding hydrogens is 312 g/mol. The molecule has 0 saturated heterocycles. The summed E-state index contributed by atoms with van der Waals surface area (Å²) in [5.41, 5.74) is 3.19. The highest BCUT2D eigenvalue weighted by molar-refractivity contribution is 9.10. The normalized spacial score (nSPS) is 9.89. The number of hydrogen-bond acceptors (Lipinski definition) is 2. The molecule has 0 aromatic heterocycles. The number of benzene rings is 2. The van der Waals surface area contributed by atoms with Gasteiger partial charge in [-0.15, -0.1) is 0 Å². The lowest BCUT2D eigenvalue weighted by molar-refractivity contribution is 1.40. The van der Waals surface area contributed by atoms with E-state index in [1.807, 2.05) is 43.3 Å². The van der Waals surface area contributed by atoms with Crippen LogP contribution in [-0.2, 0) is 0 Å². The topological polar surface area (TPSA) is 35.8 Å². The van der Waals surface area contributed by atoms with E-state index in [0.29, 0.717) is 10.6 Å². The van der Waals surface area contributed by atoms with Crippen LogP contribution in [0, 0.1) is 18.3 Å². The fourth-order valence-electron chi connectivity index (χ4n) is 1.60. The van der Waals surface area contributed by atoms with E-state index in [1.54, 1.807) is 0 Å². The third kappa shape index (κ3) is 2.84. The first-order valence-corrected chi connectivity index (χ1v) is 6.50. The number of hydrogen-bond donors (Lipinski definition) is 1. The molecule has 0 aliphatic rings. The van der Waals surface area contributed by atoms with Gasteiger partial charge in [-0.1, -0.05) is 33.6 Å². The Balaban J connectivity index is 2.37. The van der Waals surface area contributed by atoms with Crippen molar-refractivity contribution in [3.8, 4) is 6.07 Å². The molecule has 2 aromatic rings. The van der Waals surface area contributed by atoms with Gasteiger partial charge in [0.05, 0.1) is 22.0 Å². The van der Waals surface area contributed by atoms with E-state index in [2.05, 4.69) is 27.3 Å². The molecule has 0 fully saturated rings. The molecule has 1 N–H and O–H groups in total. The maximum absolute atomic E-state index is 9.10. The molecule has 2 rings (SSSR count). The fourth-order valence-corrected chi connectivity index (χ4v) is 2.32. The Kier molecular flexibility index (Phi) is 3.90. The summed E-state index contributed by atoms with van der Waals surface area (Å²) in [5, 5.41) is 12.9. The lowest BCUT2D eigenvalue weighted by Crippen LogP contribution is -1.94. The van der Waals surface area contributed by atoms with Crippen LogP contribution < -0.4 is 5.32 Å². The van der Waals surface area contributed by atoms with Gasteiger partial charge in [0.2, 0.25) is 0 Å². The minimum atomic E-state index is 0.605. The predicted molar refractivity (Wildman–Crippen MR) is 78.3 cm³/mol. The van der Waals surface area contributed by atoms with E-state index in [9.17, 15) is 0 Å². The average molecular weight is 322 g/mol. The Labute approximate surface area is 119 Å². The molecule has 4 heteroatoms. The molecule has 0 aliphatic heterocycles. The van der Waals surface area contributed by atoms with E-state index in [-0.39, 0.29) is 0 Å². The highest BCUT2D eigenvalue weighted by Crippen LogP contribution is 2.29. The SMILES string of the molecule is Cc1ccc(Nc2ccc(Br)cc2Cl)c(C#N)c1. The van der Waals surface area contributed by atoms with Gasteiger partial charge in [0.15, 0.2) is 0 Å². The van der Waals surface area contributed by atoms with Gasteiger partial charge >= 0.3 is 0 Å². The lowest BCUT2D eigenvalue weighted by Gasteiger charge is -2.10. The van der Waals surface area contributed by atoms with Gasteiger partial charge in [0, 0.05) is 4.47 Å². The number of nitrogens with one attached hydrogen (secondary N) is 1. The number of nitrogens with zero attached hydrogens (tertiary/aromatic N) is 1. The van der Waals surface area contributed by atoms with Gasteiger partial charge in [0.1, 0.15) is 6.07 Å². The van der Waals surface area contributed by atoms with Crippen LogP contribution in [0.3, 0.4) is 0 Å². The zero-order valence-electron chi connectivity index (χ0n) is 9.67. The molecule has 0 atom stereocenters. The minimum absolute atomic E-state index is 0.605. The van der Waals surface area contributed by atoms with Crippen molar-refractivity contribution in [2.45, 2.75) is 6.92 Å². The van der Waals surface area contributed by atoms with Crippen LogP contribution >= 0.6 is 27.5 Å². The Bertz CT molecular complexity index is 632. The van der Waals surface area contributed by atoms with E-state index in [4.69, 9.17) is 16.9 Å². The predicted octanol–water partition coefficient (Wildman–Crippen LogP) is 5.03. The third-order valence-corrected chi connectivity index (χ3v) is 3.30. The number of rotatable bonds is 2. The lowest BCUT2D eigenvalue weighted by atomic mass is 10.1. The quantitative estimate of drug-likeness (QED) is 0.842. The first-order valence-electron chi connectivity index (χ1n) is 5.33. The summed E-state index contributed by atoms with van der Waals surface area (Å²) < 4.78 is 0.919. The van der Waals surface area contributed by atoms with Crippen LogP contribution in [0.15, 0.2) is 40.9 Å². The Morgan fingerprint density at radius 2 is 1.89 bits per heavy atom. The van der Waals surface area contributed by atoms with Crippen molar-refractivity contribution < 1.29 is 0 Å². The average Bonchev–Trinajstić information content (AvgIpc) is 2.34. The molecule has 2 nitrogen and oxygen atoms in total. The minimum Gasteiger partial charge on any atom is -0.353 e. The molecule has 0 unspecified atom stereocenters. The molecular formula is C14H10BrClN2. The van der Waals surface area contributed by atoms with Crippen LogP contribution in [0.4, 0.5) is 11.4 Å². The van der Waals surface area contributed by atoms with Gasteiger partial charge in [-0.25, -0.2) is 0 Å². The van der Waals surface area contributed by atoms with Crippen LogP contribution in [0.25, 0.3) is 0 Å². The Hall–Kier alpha value is -1.50. The van der Waals surface area contributed by atoms with Crippen molar-refractivity contribution in [2.75, 3.05) is 5.32 Å². The summed E-state index contributed by atoms with van der Waals surface area (Å²) >= 11 is 9.49. The number of nitriles is 1. The summed E-state index contributed by atoms with van der Waals surface area (Å²) in [6.45, 7) is 1.96. The number of anilines is 2. The molecule has 0 radical (unpaired) electrons. The highest BCUT2D eigenvalue weighted by Gasteiger charge is 2.05. The molecule has 0 bridgehead atoms. The maximum Gasteiger partial charge on any atom is 0.101 e. The molecule has 90 valence electrons. The summed E-state index contributed by atoms with van der Waals surface area (Å²) in [5.74, 6) is 0. The van der Waals surface area contributed by atoms with Crippen molar-refractivity contribution in [3.63, 3.8) is 0 Å². The number of aryl methyl sites for hydroxylation is 1. The van der Waals surface area contributed by atoms with E-state index in [1.165, 1.54) is 0 Å². The van der Waals surface area contributed by atoms with Crippen molar-refractivity contribution in [2.24, 2.45) is 0 Å². The number of halogens is 2. The zero-order valence-corrected chi connectivity index (χ0v) is 12.0. The first-order chi connectivity index (χ1) is 8.60. The highest BCUT2D eigenvalue weighted by atomic mass is 79.9. The van der Waals surface area contributed by atoms with Crippen molar-refractivity contribution >= 4 is 38.9 Å². The van der Waals surface area contributed by atoms with Gasteiger partial charge in [-0.3, -0.25) is 0 Å². The van der Waals surface area contributed by atoms with Gasteiger partial charge in [-0.05, 0) is 42.8 Å². The van der Waals surface area contributed by atoms with Crippen molar-refractivity contribution in [3.05, 3.63) is 57.0 Å². The molecule has 0 saturated carbocycles. The molecule has 0 aliphatic carbocycles. The Morgan fingerprint density at radius 1 is 1.17 bits per heavy atom. The summed E-state index contributed by atoms with van der Waals surface area (Å²) in [6, 6.07) is 13.4. The summed E-state index contributed by atoms with van der Waals surface area (Å²) in [6.07, 6.45) is 0. The Morgan fingerprint density at radius 3 is 2.56 bits per heavy atom. The largest absolute Gasteiger partial charge is 0.353 e. The van der Waals surface area contributed by atoms with Crippen LogP contribution in [0.5, 0.6) is 0 Å². The van der Waals surface area contributed by atoms with Gasteiger partial charge in [-0.2, -0.15) is 5.26 Å². The standard InChI is InChI=1S/C14H10BrClN2/c1-9-2-4-13(10(6-9)8-17)18-14-5-3-11(15)7-12(14)16/h2-7,18H,1H3. The third-order valence-electron chi connectivity index (χ3n) is 2.50. The second-order valence-corrected chi connectivity index (χ2v) is 5.23. The maximum atomic E-state index is 9.10. The smallest absolute Gasteiger partial charge is 0.101 e. The van der Waals surface area contributed by atoms with Crippen molar-refractivity contribution in [1.29, 1.82) is 5.26 Å². The second-order valence-electron chi connectivity index (χ2n) is 3.91. The van der Waals surface area contributed by atoms with E-state index < -0.39 is 0 Å². The van der Waals surface area contributed by atoms with Gasteiger partial charge in [0.25, 0.3) is 0 Å². The van der Waals surface area contributed by atoms with Crippen LogP contribution in [0.1, 0.15) is 11.1 Å². The fraction of sp³-hybridized carbons (Fsp3) is 0.0714. The second kappa shape index (κ2) is 5.43. The molecule has 18 heavy (non-hydrogen) atoms. The summed E-state index contributed by atoms with van der Waals surface area (Å²) in [7, 11) is 0. The van der Waals surface area contributed by atoms with Gasteiger partial charge < -0.3 is 5.32 Å². The monoisotopic (exact) mass is 320 g/mol. The zero-order chi connectivity index (χ0) is 13.1. The molecule has 2 aromatic carbocycles. The first kappa shape index (κ1) is 12.9. The molecule has 0 spiro atoms.